The van der Waals surface area contributed by atoms with Crippen LogP contribution in [0.5, 0.6) is 0 Å². The second-order valence-electron chi connectivity index (χ2n) is 16.7. The first kappa shape index (κ1) is 39.7. The molecule has 5 heterocycles. The van der Waals surface area contributed by atoms with Crippen LogP contribution in [-0.4, -0.2) is 111 Å². The van der Waals surface area contributed by atoms with Crippen molar-refractivity contribution in [2.75, 3.05) is 25.5 Å². The summed E-state index contributed by atoms with van der Waals surface area (Å²) in [6.45, 7) is 13.0. The number of fused-ring (bicyclic) bond motifs is 2. The molecule has 4 aliphatic heterocycles. The van der Waals surface area contributed by atoms with E-state index in [0.29, 0.717) is 61.6 Å². The molecule has 298 valence electrons. The second-order valence-corrected chi connectivity index (χ2v) is 16.7. The zero-order valence-electron chi connectivity index (χ0n) is 33.0. The quantitative estimate of drug-likeness (QED) is 0.170. The Morgan fingerprint density at radius 1 is 1.25 bits per heavy atom. The molecule has 6 aliphatic rings. The number of carbonyl (C=O) groups excluding carboxylic acids is 3. The fourth-order valence-electron chi connectivity index (χ4n) is 10.1. The molecule has 1 saturated heterocycles. The lowest BCUT2D eigenvalue weighted by Crippen LogP contribution is -2.62. The van der Waals surface area contributed by atoms with Crippen molar-refractivity contribution >= 4 is 35.5 Å². The van der Waals surface area contributed by atoms with Gasteiger partial charge in [0.25, 0.3) is 0 Å². The number of Topliss-reactive ketones (excluding diaryl/α,β-unsaturated/α-hetero) is 1. The topological polar surface area (TPSA) is 169 Å². The van der Waals surface area contributed by atoms with E-state index in [0.717, 1.165) is 11.1 Å². The molecule has 0 bridgehead atoms. The molecule has 7 rings (SSSR count). The minimum absolute atomic E-state index is 0.0355. The van der Waals surface area contributed by atoms with Gasteiger partial charge >= 0.3 is 5.97 Å². The highest BCUT2D eigenvalue weighted by Gasteiger charge is 2.60. The standard InChI is InChI=1S/C43H55N7O6/c1-7-33-40(54)50-23-27(11-12-39(50)49(33)6)18-28-19-29(41(55)56-28)32(48-37-10-8-9-15-44-37)20-30-25(2)31(47-26(3)34(52)22-38-45-16-17-46-38)21-35-42(30,4)14-13-36(53)43(35,5)24-51/h8-12,15-16,18-19,23,26,30-33,35-36,39,47,51,53H,2,7,13-14,17,20-22,24H2,1,3-6H3,(H,44,48)/b28-18+/t26?,30?,31?,32?,33?,35?,36-,39?,42-,43+/m1/s1. The van der Waals surface area contributed by atoms with Gasteiger partial charge in [0.15, 0.2) is 5.78 Å². The molecule has 1 amide bonds. The lowest BCUT2D eigenvalue weighted by atomic mass is 9.45. The van der Waals surface area contributed by atoms with E-state index in [4.69, 9.17) is 4.74 Å². The van der Waals surface area contributed by atoms with E-state index in [2.05, 4.69) is 44.0 Å². The van der Waals surface area contributed by atoms with Gasteiger partial charge in [-0.3, -0.25) is 24.4 Å². The number of amidine groups is 1. The number of likely N-dealkylation sites (N-methyl/N-ethyl adjacent to an activating group) is 1. The van der Waals surface area contributed by atoms with Crippen LogP contribution in [0.25, 0.3) is 0 Å². The third kappa shape index (κ3) is 7.26. The summed E-state index contributed by atoms with van der Waals surface area (Å²) in [5.74, 6) is 0.632. The van der Waals surface area contributed by atoms with E-state index in [1.54, 1.807) is 29.5 Å². The molecule has 0 aromatic carbocycles. The maximum absolute atomic E-state index is 13.9. The minimum atomic E-state index is -0.805. The van der Waals surface area contributed by atoms with E-state index in [9.17, 15) is 24.6 Å². The van der Waals surface area contributed by atoms with E-state index < -0.39 is 35.0 Å². The van der Waals surface area contributed by atoms with Crippen molar-refractivity contribution in [2.45, 2.75) is 103 Å². The smallest absolute Gasteiger partial charge is 0.341 e. The van der Waals surface area contributed by atoms with Crippen molar-refractivity contribution in [2.24, 2.45) is 32.7 Å². The number of ether oxygens (including phenoxy) is 1. The van der Waals surface area contributed by atoms with Gasteiger partial charge in [-0.1, -0.05) is 45.1 Å². The summed E-state index contributed by atoms with van der Waals surface area (Å²) in [5, 5.41) is 29.4. The maximum Gasteiger partial charge on any atom is 0.341 e. The molecule has 2 saturated carbocycles. The Balaban J connectivity index is 1.21. The molecule has 56 heavy (non-hydrogen) atoms. The fourth-order valence-corrected chi connectivity index (χ4v) is 10.1. The lowest BCUT2D eigenvalue weighted by molar-refractivity contribution is -0.156. The number of anilines is 1. The fraction of sp³-hybridized carbons (Fsp3) is 0.535. The predicted molar refractivity (Wildman–Crippen MR) is 214 cm³/mol. The monoisotopic (exact) mass is 765 g/mol. The minimum Gasteiger partial charge on any atom is -0.423 e. The number of allylic oxidation sites excluding steroid dienone is 4. The van der Waals surface area contributed by atoms with Crippen molar-refractivity contribution < 1.29 is 29.3 Å². The summed E-state index contributed by atoms with van der Waals surface area (Å²) < 4.78 is 5.89. The molecular formula is C43H55N7O6. The highest BCUT2D eigenvalue weighted by molar-refractivity contribution is 6.07. The lowest BCUT2D eigenvalue weighted by Gasteiger charge is -2.62. The first-order valence-electron chi connectivity index (χ1n) is 19.9. The Labute approximate surface area is 329 Å². The van der Waals surface area contributed by atoms with Crippen molar-refractivity contribution in [1.29, 1.82) is 0 Å². The zero-order valence-corrected chi connectivity index (χ0v) is 33.0. The first-order chi connectivity index (χ1) is 26.8. The summed E-state index contributed by atoms with van der Waals surface area (Å²) in [6.07, 6.45) is 14.8. The average molecular weight is 766 g/mol. The number of aliphatic hydroxyl groups excluding tert-OH is 2. The van der Waals surface area contributed by atoms with Gasteiger partial charge in [-0.15, -0.1) is 0 Å². The number of aromatic nitrogens is 1. The Morgan fingerprint density at radius 3 is 2.75 bits per heavy atom. The van der Waals surface area contributed by atoms with Crippen LogP contribution >= 0.6 is 0 Å². The van der Waals surface area contributed by atoms with Gasteiger partial charge in [0.1, 0.15) is 23.6 Å². The first-order valence-corrected chi connectivity index (χ1v) is 19.9. The molecule has 0 spiro atoms. The Kier molecular flexibility index (Phi) is 11.2. The van der Waals surface area contributed by atoms with Crippen molar-refractivity contribution in [1.82, 2.24) is 20.1 Å². The predicted octanol–water partition coefficient (Wildman–Crippen LogP) is 4.09. The molecule has 3 fully saturated rings. The number of carbonyl (C=O) groups is 3. The highest BCUT2D eigenvalue weighted by Crippen LogP contribution is 2.62. The number of hydrogen-bond acceptors (Lipinski definition) is 12. The van der Waals surface area contributed by atoms with Gasteiger partial charge < -0.3 is 25.6 Å². The Morgan fingerprint density at radius 2 is 2.05 bits per heavy atom. The number of cyclic esters (lactones) is 1. The summed E-state index contributed by atoms with van der Waals surface area (Å²) in [5.41, 5.74) is 0.843. The van der Waals surface area contributed by atoms with Crippen LogP contribution in [0, 0.1) is 22.7 Å². The van der Waals surface area contributed by atoms with Gasteiger partial charge in [0.2, 0.25) is 5.91 Å². The number of aliphatic hydroxyl groups is 2. The van der Waals surface area contributed by atoms with Gasteiger partial charge in [-0.2, -0.15) is 0 Å². The van der Waals surface area contributed by atoms with Crippen LogP contribution in [0.15, 0.2) is 93.9 Å². The van der Waals surface area contributed by atoms with Crippen molar-refractivity contribution in [3.8, 4) is 0 Å². The summed E-state index contributed by atoms with van der Waals surface area (Å²) >= 11 is 0. The third-order valence-electron chi connectivity index (χ3n) is 13.4. The van der Waals surface area contributed by atoms with E-state index >= 15 is 0 Å². The number of hydrogen-bond donors (Lipinski definition) is 4. The SMILES string of the molecule is C=C1C(NC(C)C(=O)CC2=NCC=N2)CC2[C@](C)(CC[C@@H](O)[C@@]2(C)CO)C1CC(Nc1ccccn1)C1=C/C(=C\C2=CN3C(=O)C(CC)N(C)C3C=C2)OC1=O. The molecular weight excluding hydrogens is 711 g/mol. The Hall–Kier alpha value is -4.56. The van der Waals surface area contributed by atoms with E-state index in [-0.39, 0.29) is 54.8 Å². The van der Waals surface area contributed by atoms with Crippen molar-refractivity contribution in [3.63, 3.8) is 0 Å². The summed E-state index contributed by atoms with van der Waals surface area (Å²) in [6, 6.07) is 3.95. The van der Waals surface area contributed by atoms with Gasteiger partial charge in [0, 0.05) is 30.1 Å². The molecule has 10 atom stereocenters. The zero-order chi connectivity index (χ0) is 39.9. The average Bonchev–Trinajstić information content (AvgIpc) is 3.90. The summed E-state index contributed by atoms with van der Waals surface area (Å²) in [7, 11) is 1.95. The molecule has 13 heteroatoms. The number of aliphatic imine (C=N–C) groups is 2. The van der Waals surface area contributed by atoms with E-state index in [1.807, 2.05) is 64.4 Å². The normalized spacial score (nSPS) is 34.5. The number of amides is 1. The van der Waals surface area contributed by atoms with Crippen LogP contribution in [0.3, 0.4) is 0 Å². The van der Waals surface area contributed by atoms with Crippen LogP contribution in [-0.2, 0) is 19.1 Å². The molecule has 4 N–H and O–H groups in total. The van der Waals surface area contributed by atoms with Gasteiger partial charge in [-0.25, -0.2) is 14.8 Å². The molecule has 13 nitrogen and oxygen atoms in total. The number of pyridine rings is 1. The molecule has 1 aromatic heterocycles. The van der Waals surface area contributed by atoms with E-state index in [1.165, 1.54) is 0 Å². The number of esters is 1. The summed E-state index contributed by atoms with van der Waals surface area (Å²) in [4.78, 5) is 57.2. The largest absolute Gasteiger partial charge is 0.423 e. The van der Waals surface area contributed by atoms with Crippen molar-refractivity contribution in [3.05, 3.63) is 84.0 Å². The number of nitrogens with zero attached hydrogens (tertiary/aromatic N) is 5. The molecule has 2 aliphatic carbocycles. The highest BCUT2D eigenvalue weighted by atomic mass is 16.5. The Bertz CT molecular complexity index is 1940. The van der Waals surface area contributed by atoms with Crippen LogP contribution in [0.1, 0.15) is 66.2 Å². The number of ketones is 1. The molecule has 0 radical (unpaired) electrons. The van der Waals surface area contributed by atoms with Crippen LogP contribution in [0.2, 0.25) is 0 Å². The van der Waals surface area contributed by atoms with Gasteiger partial charge in [0.05, 0.1) is 49.4 Å². The van der Waals surface area contributed by atoms with Crippen LogP contribution < -0.4 is 10.6 Å². The number of rotatable bonds is 13. The molecule has 7 unspecified atom stereocenters. The third-order valence-corrected chi connectivity index (χ3v) is 13.4. The van der Waals surface area contributed by atoms with Gasteiger partial charge in [-0.05, 0) is 99.3 Å². The van der Waals surface area contributed by atoms with Crippen LogP contribution in [0.4, 0.5) is 5.82 Å². The number of nitrogens with one attached hydrogen (secondary N) is 2. The second kappa shape index (κ2) is 15.8. The maximum atomic E-state index is 13.9. The molecule has 1 aromatic rings.